The van der Waals surface area contributed by atoms with Gasteiger partial charge in [-0.3, -0.25) is 4.79 Å². The second-order valence-electron chi connectivity index (χ2n) is 4.88. The van der Waals surface area contributed by atoms with Crippen LogP contribution in [0.3, 0.4) is 0 Å². The molecule has 0 aliphatic heterocycles. The number of nitrogens with one attached hydrogen (secondary N) is 1. The molecule has 20 heavy (non-hydrogen) atoms. The van der Waals surface area contributed by atoms with E-state index in [4.69, 9.17) is 0 Å². The fourth-order valence-electron chi connectivity index (χ4n) is 2.06. The van der Waals surface area contributed by atoms with Gasteiger partial charge in [-0.05, 0) is 18.1 Å². The van der Waals surface area contributed by atoms with E-state index in [2.05, 4.69) is 5.32 Å². The summed E-state index contributed by atoms with van der Waals surface area (Å²) in [6.45, 7) is 1.91. The molecule has 0 aromatic heterocycles. The van der Waals surface area contributed by atoms with Gasteiger partial charge in [-0.25, -0.2) is 0 Å². The zero-order chi connectivity index (χ0) is 14.4. The fourth-order valence-corrected chi connectivity index (χ4v) is 2.06. The van der Waals surface area contributed by atoms with Gasteiger partial charge < -0.3 is 10.4 Å². The lowest BCUT2D eigenvalue weighted by molar-refractivity contribution is -0.121. The van der Waals surface area contributed by atoms with Crippen molar-refractivity contribution in [3.05, 3.63) is 71.3 Å². The number of carbonyl (C=O) groups is 1. The number of aryl methyl sites for hydroxylation is 1. The summed E-state index contributed by atoms with van der Waals surface area (Å²) in [6.07, 6.45) is 0.323. The highest BCUT2D eigenvalue weighted by Gasteiger charge is 2.13. The topological polar surface area (TPSA) is 49.3 Å². The van der Waals surface area contributed by atoms with Crippen LogP contribution in [0.15, 0.2) is 54.6 Å². The molecule has 2 rings (SSSR count). The highest BCUT2D eigenvalue weighted by Crippen LogP contribution is 2.12. The minimum Gasteiger partial charge on any atom is -0.394 e. The smallest absolute Gasteiger partial charge is 0.224 e. The van der Waals surface area contributed by atoms with Crippen molar-refractivity contribution in [3.8, 4) is 0 Å². The molecular formula is C17H19NO2. The second kappa shape index (κ2) is 6.87. The Labute approximate surface area is 119 Å². The van der Waals surface area contributed by atoms with Gasteiger partial charge in [-0.2, -0.15) is 0 Å². The Hall–Kier alpha value is -2.13. The summed E-state index contributed by atoms with van der Waals surface area (Å²) < 4.78 is 0. The molecule has 0 aliphatic rings. The molecule has 1 atom stereocenters. The zero-order valence-corrected chi connectivity index (χ0v) is 11.5. The summed E-state index contributed by atoms with van der Waals surface area (Å²) in [4.78, 5) is 12.0. The molecule has 0 spiro atoms. The van der Waals surface area contributed by atoms with E-state index in [-0.39, 0.29) is 18.6 Å². The summed E-state index contributed by atoms with van der Waals surface area (Å²) in [5.74, 6) is -0.0863. The fraction of sp³-hybridized carbons (Fsp3) is 0.235. The van der Waals surface area contributed by atoms with Crippen molar-refractivity contribution in [2.75, 3.05) is 6.61 Å². The summed E-state index contributed by atoms with van der Waals surface area (Å²) in [6, 6.07) is 17.0. The van der Waals surface area contributed by atoms with Crippen LogP contribution >= 0.6 is 0 Å². The molecule has 0 unspecified atom stereocenters. The molecule has 0 saturated carbocycles. The van der Waals surface area contributed by atoms with E-state index in [1.807, 2.05) is 61.5 Å². The maximum atomic E-state index is 12.0. The van der Waals surface area contributed by atoms with E-state index in [9.17, 15) is 9.90 Å². The Kier molecular flexibility index (Phi) is 4.91. The Morgan fingerprint density at radius 2 is 1.75 bits per heavy atom. The quantitative estimate of drug-likeness (QED) is 0.875. The molecule has 3 nitrogen and oxygen atoms in total. The molecule has 0 heterocycles. The maximum Gasteiger partial charge on any atom is 0.224 e. The van der Waals surface area contributed by atoms with Crippen LogP contribution in [0.5, 0.6) is 0 Å². The first-order valence-corrected chi connectivity index (χ1v) is 6.70. The van der Waals surface area contributed by atoms with Gasteiger partial charge in [0.15, 0.2) is 0 Å². The van der Waals surface area contributed by atoms with Gasteiger partial charge in [0.05, 0.1) is 19.1 Å². The van der Waals surface area contributed by atoms with Crippen molar-refractivity contribution in [1.82, 2.24) is 5.32 Å². The minimum absolute atomic E-state index is 0.0863. The first kappa shape index (κ1) is 14.3. The average molecular weight is 269 g/mol. The number of hydrogen-bond acceptors (Lipinski definition) is 2. The van der Waals surface area contributed by atoms with E-state index in [0.717, 1.165) is 11.1 Å². The van der Waals surface area contributed by atoms with E-state index < -0.39 is 0 Å². The van der Waals surface area contributed by atoms with Crippen LogP contribution in [-0.4, -0.2) is 17.6 Å². The van der Waals surface area contributed by atoms with Crippen LogP contribution in [0.2, 0.25) is 0 Å². The standard InChI is InChI=1S/C17H19NO2/c1-13-7-9-14(10-8-13)11-17(20)18-16(12-19)15-5-3-2-4-6-15/h2-10,16,19H,11-12H2,1H3,(H,18,20)/t16-/m0/s1. The van der Waals surface area contributed by atoms with Crippen molar-refractivity contribution >= 4 is 5.91 Å². The molecule has 0 fully saturated rings. The van der Waals surface area contributed by atoms with Gasteiger partial charge >= 0.3 is 0 Å². The lowest BCUT2D eigenvalue weighted by Gasteiger charge is -2.16. The summed E-state index contributed by atoms with van der Waals surface area (Å²) in [5.41, 5.74) is 3.05. The molecule has 2 aromatic rings. The number of hydrogen-bond donors (Lipinski definition) is 2. The van der Waals surface area contributed by atoms with Gasteiger partial charge in [0.2, 0.25) is 5.91 Å². The van der Waals surface area contributed by atoms with E-state index >= 15 is 0 Å². The Balaban J connectivity index is 1.97. The third-order valence-electron chi connectivity index (χ3n) is 3.21. The minimum atomic E-state index is -0.353. The first-order valence-electron chi connectivity index (χ1n) is 6.70. The van der Waals surface area contributed by atoms with Crippen LogP contribution in [0.4, 0.5) is 0 Å². The van der Waals surface area contributed by atoms with Crippen LogP contribution < -0.4 is 5.32 Å². The van der Waals surface area contributed by atoms with Crippen molar-refractivity contribution in [2.45, 2.75) is 19.4 Å². The van der Waals surface area contributed by atoms with E-state index in [1.54, 1.807) is 0 Å². The monoisotopic (exact) mass is 269 g/mol. The molecule has 0 saturated heterocycles. The Bertz CT molecular complexity index is 549. The first-order chi connectivity index (χ1) is 9.69. The van der Waals surface area contributed by atoms with Crippen LogP contribution in [0.25, 0.3) is 0 Å². The highest BCUT2D eigenvalue weighted by atomic mass is 16.3. The van der Waals surface area contributed by atoms with Crippen molar-refractivity contribution in [1.29, 1.82) is 0 Å². The molecule has 1 amide bonds. The molecular weight excluding hydrogens is 250 g/mol. The summed E-state index contributed by atoms with van der Waals surface area (Å²) in [5, 5.41) is 12.3. The number of amides is 1. The summed E-state index contributed by atoms with van der Waals surface area (Å²) >= 11 is 0. The molecule has 0 radical (unpaired) electrons. The van der Waals surface area contributed by atoms with Crippen molar-refractivity contribution in [2.24, 2.45) is 0 Å². The molecule has 104 valence electrons. The van der Waals surface area contributed by atoms with Gasteiger partial charge in [0, 0.05) is 0 Å². The molecule has 0 aliphatic carbocycles. The number of carbonyl (C=O) groups excluding carboxylic acids is 1. The van der Waals surface area contributed by atoms with Gasteiger partial charge in [-0.1, -0.05) is 60.2 Å². The zero-order valence-electron chi connectivity index (χ0n) is 11.5. The largest absolute Gasteiger partial charge is 0.394 e. The van der Waals surface area contributed by atoms with E-state index in [0.29, 0.717) is 6.42 Å². The predicted octanol–water partition coefficient (Wildman–Crippen LogP) is 2.39. The maximum absolute atomic E-state index is 12.0. The molecule has 2 N–H and O–H groups in total. The number of benzene rings is 2. The predicted molar refractivity (Wildman–Crippen MR) is 79.3 cm³/mol. The lowest BCUT2D eigenvalue weighted by Crippen LogP contribution is -2.31. The molecule has 3 heteroatoms. The van der Waals surface area contributed by atoms with Crippen molar-refractivity contribution in [3.63, 3.8) is 0 Å². The van der Waals surface area contributed by atoms with Gasteiger partial charge in [0.1, 0.15) is 0 Å². The number of rotatable bonds is 5. The Morgan fingerprint density at radius 3 is 2.35 bits per heavy atom. The normalized spacial score (nSPS) is 11.9. The molecule has 2 aromatic carbocycles. The average Bonchev–Trinajstić information content (AvgIpc) is 2.48. The van der Waals surface area contributed by atoms with Gasteiger partial charge in [-0.15, -0.1) is 0 Å². The second-order valence-corrected chi connectivity index (χ2v) is 4.88. The van der Waals surface area contributed by atoms with E-state index in [1.165, 1.54) is 5.56 Å². The number of aliphatic hydroxyl groups is 1. The highest BCUT2D eigenvalue weighted by molar-refractivity contribution is 5.79. The SMILES string of the molecule is Cc1ccc(CC(=O)N[C@@H](CO)c2ccccc2)cc1. The van der Waals surface area contributed by atoms with Crippen LogP contribution in [0, 0.1) is 6.92 Å². The van der Waals surface area contributed by atoms with Crippen LogP contribution in [-0.2, 0) is 11.2 Å². The van der Waals surface area contributed by atoms with Gasteiger partial charge in [0.25, 0.3) is 0 Å². The summed E-state index contributed by atoms with van der Waals surface area (Å²) in [7, 11) is 0. The van der Waals surface area contributed by atoms with Crippen LogP contribution in [0.1, 0.15) is 22.7 Å². The molecule has 0 bridgehead atoms. The number of aliphatic hydroxyl groups excluding tert-OH is 1. The third-order valence-corrected chi connectivity index (χ3v) is 3.21. The third kappa shape index (κ3) is 3.93. The lowest BCUT2D eigenvalue weighted by atomic mass is 10.1. The Morgan fingerprint density at radius 1 is 1.10 bits per heavy atom. The van der Waals surface area contributed by atoms with Crippen molar-refractivity contribution < 1.29 is 9.90 Å².